The third-order valence-corrected chi connectivity index (χ3v) is 4.47. The number of hydrogen-bond donors (Lipinski definition) is 1. The molecule has 4 nitrogen and oxygen atoms in total. The minimum Gasteiger partial charge on any atom is -0.494 e. The Balaban J connectivity index is 1.30. The molecule has 0 aromatic heterocycles. The Hall–Kier alpha value is -2.04. The summed E-state index contributed by atoms with van der Waals surface area (Å²) in [5.74, 6) is 1.78. The highest BCUT2D eigenvalue weighted by Crippen LogP contribution is 2.18. The van der Waals surface area contributed by atoms with Gasteiger partial charge in [0.1, 0.15) is 31.2 Å². The van der Waals surface area contributed by atoms with E-state index in [0.29, 0.717) is 6.61 Å². The Morgan fingerprint density at radius 3 is 2.20 bits per heavy atom. The Bertz CT molecular complexity index is 594. The Kier molecular flexibility index (Phi) is 7.16. The van der Waals surface area contributed by atoms with Gasteiger partial charge >= 0.3 is 0 Å². The zero-order chi connectivity index (χ0) is 17.2. The van der Waals surface area contributed by atoms with Crippen LogP contribution in [-0.2, 0) is 11.3 Å². The fourth-order valence-corrected chi connectivity index (χ4v) is 2.95. The molecule has 0 atom stereocenters. The van der Waals surface area contributed by atoms with Gasteiger partial charge in [-0.2, -0.15) is 0 Å². The summed E-state index contributed by atoms with van der Waals surface area (Å²) >= 11 is 0. The summed E-state index contributed by atoms with van der Waals surface area (Å²) in [7, 11) is 0. The second-order valence-corrected chi connectivity index (χ2v) is 6.41. The van der Waals surface area contributed by atoms with E-state index in [-0.39, 0.29) is 0 Å². The Morgan fingerprint density at radius 1 is 0.800 bits per heavy atom. The number of ether oxygens (including phenoxy) is 3. The maximum absolute atomic E-state index is 5.82. The maximum Gasteiger partial charge on any atom is 0.120 e. The van der Waals surface area contributed by atoms with Crippen molar-refractivity contribution in [1.82, 2.24) is 0 Å². The van der Waals surface area contributed by atoms with E-state index >= 15 is 0 Å². The second-order valence-electron chi connectivity index (χ2n) is 6.41. The summed E-state index contributed by atoms with van der Waals surface area (Å²) < 4.78 is 17.0. The lowest BCUT2D eigenvalue weighted by atomic mass is 10.2. The predicted molar refractivity (Wildman–Crippen MR) is 98.3 cm³/mol. The summed E-state index contributed by atoms with van der Waals surface area (Å²) in [6.45, 7) is 6.68. The standard InChI is InChI=1S/C21H27NO3/c1-2-6-19(7-3-1)18-25-21-10-8-20(9-11-21)24-15-5-4-12-22-13-16-23-17-14-22/h1-3,6-11H,4-5,12-18H2/p+1. The van der Waals surface area contributed by atoms with Gasteiger partial charge < -0.3 is 19.1 Å². The molecule has 1 heterocycles. The fraction of sp³-hybridized carbons (Fsp3) is 0.429. The summed E-state index contributed by atoms with van der Waals surface area (Å²) in [4.78, 5) is 1.66. The van der Waals surface area contributed by atoms with Gasteiger partial charge in [0.25, 0.3) is 0 Å². The Morgan fingerprint density at radius 2 is 1.48 bits per heavy atom. The van der Waals surface area contributed by atoms with Gasteiger partial charge in [0.15, 0.2) is 0 Å². The summed E-state index contributed by atoms with van der Waals surface area (Å²) in [5.41, 5.74) is 1.17. The number of morpholine rings is 1. The third kappa shape index (κ3) is 6.40. The van der Waals surface area contributed by atoms with Crippen LogP contribution in [0.15, 0.2) is 54.6 Å². The number of hydrogen-bond acceptors (Lipinski definition) is 3. The van der Waals surface area contributed by atoms with Crippen LogP contribution in [-0.4, -0.2) is 39.5 Å². The first kappa shape index (κ1) is 17.8. The molecule has 0 aliphatic carbocycles. The third-order valence-electron chi connectivity index (χ3n) is 4.47. The van der Waals surface area contributed by atoms with Crippen molar-refractivity contribution in [2.45, 2.75) is 19.4 Å². The molecule has 0 radical (unpaired) electrons. The van der Waals surface area contributed by atoms with Gasteiger partial charge in [-0.15, -0.1) is 0 Å². The van der Waals surface area contributed by atoms with Crippen LogP contribution in [0, 0.1) is 0 Å². The van der Waals surface area contributed by atoms with E-state index in [4.69, 9.17) is 14.2 Å². The molecule has 4 heteroatoms. The summed E-state index contributed by atoms with van der Waals surface area (Å²) in [5, 5.41) is 0. The number of unbranched alkanes of at least 4 members (excludes halogenated alkanes) is 1. The average molecular weight is 342 g/mol. The minimum absolute atomic E-state index is 0.588. The van der Waals surface area contributed by atoms with Crippen molar-refractivity contribution in [3.8, 4) is 11.5 Å². The highest BCUT2D eigenvalue weighted by molar-refractivity contribution is 5.31. The first-order chi connectivity index (χ1) is 12.4. The second kappa shape index (κ2) is 10.1. The van der Waals surface area contributed by atoms with Gasteiger partial charge in [0.2, 0.25) is 0 Å². The highest BCUT2D eigenvalue weighted by Gasteiger charge is 2.12. The number of nitrogens with one attached hydrogen (secondary N) is 1. The molecule has 2 aromatic rings. The fourth-order valence-electron chi connectivity index (χ4n) is 2.95. The predicted octanol–water partition coefficient (Wildman–Crippen LogP) is 2.34. The van der Waals surface area contributed by atoms with Crippen LogP contribution in [0.4, 0.5) is 0 Å². The first-order valence-corrected chi connectivity index (χ1v) is 9.21. The van der Waals surface area contributed by atoms with Crippen LogP contribution in [0.5, 0.6) is 11.5 Å². The average Bonchev–Trinajstić information content (AvgIpc) is 2.69. The van der Waals surface area contributed by atoms with Gasteiger partial charge in [-0.1, -0.05) is 30.3 Å². The molecule has 2 aromatic carbocycles. The molecule has 0 spiro atoms. The highest BCUT2D eigenvalue weighted by atomic mass is 16.5. The van der Waals surface area contributed by atoms with E-state index in [9.17, 15) is 0 Å². The molecular weight excluding hydrogens is 314 g/mol. The smallest absolute Gasteiger partial charge is 0.120 e. The SMILES string of the molecule is c1ccc(COc2ccc(OCCCC[NH+]3CCOCC3)cc2)cc1. The lowest BCUT2D eigenvalue weighted by Gasteiger charge is -2.23. The summed E-state index contributed by atoms with van der Waals surface area (Å²) in [6, 6.07) is 18.1. The van der Waals surface area contributed by atoms with Crippen molar-refractivity contribution in [3.05, 3.63) is 60.2 Å². The first-order valence-electron chi connectivity index (χ1n) is 9.21. The Labute approximate surface area is 150 Å². The minimum atomic E-state index is 0.588. The largest absolute Gasteiger partial charge is 0.494 e. The van der Waals surface area contributed by atoms with Crippen molar-refractivity contribution in [3.63, 3.8) is 0 Å². The molecule has 0 amide bonds. The maximum atomic E-state index is 5.82. The normalized spacial score (nSPS) is 15.0. The van der Waals surface area contributed by atoms with E-state index in [1.54, 1.807) is 4.90 Å². The van der Waals surface area contributed by atoms with Crippen LogP contribution in [0.25, 0.3) is 0 Å². The monoisotopic (exact) mass is 342 g/mol. The van der Waals surface area contributed by atoms with E-state index in [0.717, 1.165) is 50.8 Å². The van der Waals surface area contributed by atoms with Crippen LogP contribution >= 0.6 is 0 Å². The molecule has 1 N–H and O–H groups in total. The summed E-state index contributed by atoms with van der Waals surface area (Å²) in [6.07, 6.45) is 2.30. The van der Waals surface area contributed by atoms with Gasteiger partial charge in [-0.05, 0) is 42.7 Å². The number of quaternary nitrogens is 1. The molecule has 0 saturated carbocycles. The van der Waals surface area contributed by atoms with Crippen molar-refractivity contribution < 1.29 is 19.1 Å². The van der Waals surface area contributed by atoms with E-state index < -0.39 is 0 Å². The zero-order valence-electron chi connectivity index (χ0n) is 14.8. The van der Waals surface area contributed by atoms with Gasteiger partial charge in [-0.3, -0.25) is 0 Å². The number of benzene rings is 2. The molecule has 134 valence electrons. The lowest BCUT2D eigenvalue weighted by molar-refractivity contribution is -0.908. The van der Waals surface area contributed by atoms with E-state index in [2.05, 4.69) is 12.1 Å². The van der Waals surface area contributed by atoms with Crippen LogP contribution in [0.2, 0.25) is 0 Å². The van der Waals surface area contributed by atoms with E-state index in [1.165, 1.54) is 18.5 Å². The van der Waals surface area contributed by atoms with E-state index in [1.807, 2.05) is 42.5 Å². The van der Waals surface area contributed by atoms with Crippen molar-refractivity contribution >= 4 is 0 Å². The molecule has 1 aliphatic rings. The van der Waals surface area contributed by atoms with Crippen molar-refractivity contribution in [1.29, 1.82) is 0 Å². The molecular formula is C21H28NO3+. The quantitative estimate of drug-likeness (QED) is 0.710. The topological polar surface area (TPSA) is 32.1 Å². The van der Waals surface area contributed by atoms with Gasteiger partial charge in [-0.25, -0.2) is 0 Å². The van der Waals surface area contributed by atoms with Crippen LogP contribution < -0.4 is 14.4 Å². The van der Waals surface area contributed by atoms with Crippen LogP contribution in [0.3, 0.4) is 0 Å². The molecule has 0 bridgehead atoms. The molecule has 1 fully saturated rings. The number of rotatable bonds is 9. The molecule has 1 saturated heterocycles. The molecule has 1 aliphatic heterocycles. The van der Waals surface area contributed by atoms with Crippen LogP contribution in [0.1, 0.15) is 18.4 Å². The molecule has 3 rings (SSSR count). The van der Waals surface area contributed by atoms with Gasteiger partial charge in [0.05, 0.1) is 26.4 Å². The molecule has 0 unspecified atom stereocenters. The van der Waals surface area contributed by atoms with Gasteiger partial charge in [0, 0.05) is 0 Å². The zero-order valence-corrected chi connectivity index (χ0v) is 14.8. The van der Waals surface area contributed by atoms with Crippen molar-refractivity contribution in [2.24, 2.45) is 0 Å². The molecule has 25 heavy (non-hydrogen) atoms. The lowest BCUT2D eigenvalue weighted by Crippen LogP contribution is -3.14. The van der Waals surface area contributed by atoms with Crippen molar-refractivity contribution in [2.75, 3.05) is 39.5 Å².